The Kier molecular flexibility index (Phi) is 6.54. The molecule has 0 aliphatic heterocycles. The van der Waals surface area contributed by atoms with Crippen LogP contribution in [0, 0.1) is 6.92 Å². The van der Waals surface area contributed by atoms with Gasteiger partial charge in [0.15, 0.2) is 0 Å². The lowest BCUT2D eigenvalue weighted by Gasteiger charge is -2.11. The van der Waals surface area contributed by atoms with Crippen LogP contribution in [0.3, 0.4) is 0 Å². The molecule has 0 fully saturated rings. The highest BCUT2D eigenvalue weighted by atomic mass is 35.5. The average Bonchev–Trinajstić information content (AvgIpc) is 2.15. The molecule has 1 atom stereocenters. The van der Waals surface area contributed by atoms with E-state index in [4.69, 9.17) is 11.5 Å². The lowest BCUT2D eigenvalue weighted by Crippen LogP contribution is -2.12. The predicted octanol–water partition coefficient (Wildman–Crippen LogP) is 2.16. The fourth-order valence-electron chi connectivity index (χ4n) is 1.32. The van der Waals surface area contributed by atoms with Crippen LogP contribution in [0.1, 0.15) is 30.0 Å². The van der Waals surface area contributed by atoms with Crippen molar-refractivity contribution in [1.82, 2.24) is 0 Å². The maximum atomic E-state index is 5.98. The maximum Gasteiger partial charge on any atom is 0.0295 e. The van der Waals surface area contributed by atoms with Crippen LogP contribution in [0.2, 0.25) is 0 Å². The number of benzene rings is 1. The highest BCUT2D eigenvalue weighted by molar-refractivity contribution is 5.85. The van der Waals surface area contributed by atoms with Gasteiger partial charge in [-0.15, -0.1) is 12.4 Å². The molecule has 1 aromatic carbocycles. The summed E-state index contributed by atoms with van der Waals surface area (Å²) in [7, 11) is 0. The second-order valence-corrected chi connectivity index (χ2v) is 3.45. The summed E-state index contributed by atoms with van der Waals surface area (Å²) in [4.78, 5) is 0. The van der Waals surface area contributed by atoms with E-state index in [0.29, 0.717) is 0 Å². The molecule has 3 heteroatoms. The minimum absolute atomic E-state index is 0. The summed E-state index contributed by atoms with van der Waals surface area (Å²) in [5.41, 5.74) is 13.9. The van der Waals surface area contributed by atoms with Crippen LogP contribution in [0.25, 0.3) is 0 Å². The van der Waals surface area contributed by atoms with Crippen molar-refractivity contribution in [2.45, 2.75) is 25.8 Å². The van der Waals surface area contributed by atoms with Gasteiger partial charge in [0.2, 0.25) is 0 Å². The van der Waals surface area contributed by atoms with Crippen LogP contribution in [0.5, 0.6) is 0 Å². The van der Waals surface area contributed by atoms with Gasteiger partial charge in [-0.1, -0.05) is 29.8 Å². The predicted molar refractivity (Wildman–Crippen MR) is 63.6 cm³/mol. The number of aryl methyl sites for hydroxylation is 1. The van der Waals surface area contributed by atoms with Gasteiger partial charge >= 0.3 is 0 Å². The minimum Gasteiger partial charge on any atom is -0.330 e. The van der Waals surface area contributed by atoms with Crippen molar-refractivity contribution in [2.24, 2.45) is 11.5 Å². The molecule has 0 amide bonds. The van der Waals surface area contributed by atoms with Crippen LogP contribution in [-0.2, 0) is 0 Å². The molecule has 0 spiro atoms. The molecule has 14 heavy (non-hydrogen) atoms. The molecular formula is C11H19ClN2. The van der Waals surface area contributed by atoms with E-state index in [1.807, 2.05) is 0 Å². The number of hydrogen-bond donors (Lipinski definition) is 2. The maximum absolute atomic E-state index is 5.98. The fraction of sp³-hybridized carbons (Fsp3) is 0.455. The molecule has 0 aromatic heterocycles. The fourth-order valence-corrected chi connectivity index (χ4v) is 1.32. The van der Waals surface area contributed by atoms with Gasteiger partial charge < -0.3 is 11.5 Å². The molecule has 0 saturated carbocycles. The summed E-state index contributed by atoms with van der Waals surface area (Å²) in [5.74, 6) is 0. The number of hydrogen-bond acceptors (Lipinski definition) is 2. The average molecular weight is 215 g/mol. The Hall–Kier alpha value is -0.570. The van der Waals surface area contributed by atoms with Crippen LogP contribution in [0.15, 0.2) is 24.3 Å². The highest BCUT2D eigenvalue weighted by Gasteiger charge is 2.03. The van der Waals surface area contributed by atoms with Crippen LogP contribution < -0.4 is 11.5 Å². The van der Waals surface area contributed by atoms with Crippen molar-refractivity contribution in [3.63, 3.8) is 0 Å². The molecule has 0 aliphatic carbocycles. The lowest BCUT2D eigenvalue weighted by atomic mass is 10.0. The number of nitrogens with two attached hydrogens (primary N) is 2. The Balaban J connectivity index is 0.00000169. The third-order valence-corrected chi connectivity index (χ3v) is 2.22. The molecule has 80 valence electrons. The van der Waals surface area contributed by atoms with Crippen molar-refractivity contribution in [2.75, 3.05) is 6.54 Å². The van der Waals surface area contributed by atoms with E-state index in [1.165, 1.54) is 11.1 Å². The Morgan fingerprint density at radius 2 is 1.79 bits per heavy atom. The normalized spacial score (nSPS) is 11.9. The van der Waals surface area contributed by atoms with E-state index in [2.05, 4.69) is 31.2 Å². The summed E-state index contributed by atoms with van der Waals surface area (Å²) in [6.45, 7) is 2.80. The first kappa shape index (κ1) is 13.4. The zero-order valence-corrected chi connectivity index (χ0v) is 9.39. The van der Waals surface area contributed by atoms with Crippen molar-refractivity contribution in [1.29, 1.82) is 0 Å². The van der Waals surface area contributed by atoms with Gasteiger partial charge in [-0.25, -0.2) is 0 Å². The second-order valence-electron chi connectivity index (χ2n) is 3.45. The minimum atomic E-state index is 0. The molecule has 0 unspecified atom stereocenters. The summed E-state index contributed by atoms with van der Waals surface area (Å²) in [5, 5.41) is 0. The summed E-state index contributed by atoms with van der Waals surface area (Å²) in [6.07, 6.45) is 1.97. The molecule has 1 rings (SSSR count). The quantitative estimate of drug-likeness (QED) is 0.807. The van der Waals surface area contributed by atoms with E-state index < -0.39 is 0 Å². The van der Waals surface area contributed by atoms with E-state index in [0.717, 1.165) is 19.4 Å². The van der Waals surface area contributed by atoms with Gasteiger partial charge in [0.25, 0.3) is 0 Å². The van der Waals surface area contributed by atoms with E-state index in [-0.39, 0.29) is 18.4 Å². The first-order valence-electron chi connectivity index (χ1n) is 4.76. The first-order chi connectivity index (χ1) is 6.24. The molecule has 0 heterocycles. The zero-order chi connectivity index (χ0) is 9.68. The van der Waals surface area contributed by atoms with Crippen LogP contribution >= 0.6 is 12.4 Å². The largest absolute Gasteiger partial charge is 0.330 e. The summed E-state index contributed by atoms with van der Waals surface area (Å²) < 4.78 is 0. The number of rotatable bonds is 4. The second kappa shape index (κ2) is 6.82. The van der Waals surface area contributed by atoms with Gasteiger partial charge in [-0.3, -0.25) is 0 Å². The van der Waals surface area contributed by atoms with Crippen molar-refractivity contribution in [3.8, 4) is 0 Å². The van der Waals surface area contributed by atoms with Crippen LogP contribution in [0.4, 0.5) is 0 Å². The van der Waals surface area contributed by atoms with Gasteiger partial charge in [0.1, 0.15) is 0 Å². The van der Waals surface area contributed by atoms with Gasteiger partial charge in [0, 0.05) is 6.04 Å². The third-order valence-electron chi connectivity index (χ3n) is 2.22. The van der Waals surface area contributed by atoms with Gasteiger partial charge in [0.05, 0.1) is 0 Å². The first-order valence-corrected chi connectivity index (χ1v) is 4.76. The van der Waals surface area contributed by atoms with E-state index in [1.54, 1.807) is 0 Å². The Morgan fingerprint density at radius 1 is 1.21 bits per heavy atom. The van der Waals surface area contributed by atoms with Gasteiger partial charge in [-0.05, 0) is 31.9 Å². The molecule has 0 saturated heterocycles. The lowest BCUT2D eigenvalue weighted by molar-refractivity contribution is 0.618. The molecule has 4 N–H and O–H groups in total. The summed E-state index contributed by atoms with van der Waals surface area (Å²) >= 11 is 0. The number of halogens is 1. The molecular weight excluding hydrogens is 196 g/mol. The van der Waals surface area contributed by atoms with E-state index in [9.17, 15) is 0 Å². The molecule has 0 radical (unpaired) electrons. The Bertz CT molecular complexity index is 246. The molecule has 0 bridgehead atoms. The highest BCUT2D eigenvalue weighted by Crippen LogP contribution is 2.15. The topological polar surface area (TPSA) is 52.0 Å². The van der Waals surface area contributed by atoms with Crippen molar-refractivity contribution in [3.05, 3.63) is 35.4 Å². The Morgan fingerprint density at radius 3 is 2.29 bits per heavy atom. The van der Waals surface area contributed by atoms with Crippen molar-refractivity contribution < 1.29 is 0 Å². The molecule has 0 aliphatic rings. The van der Waals surface area contributed by atoms with E-state index >= 15 is 0 Å². The Labute approximate surface area is 92.1 Å². The van der Waals surface area contributed by atoms with Crippen molar-refractivity contribution >= 4 is 12.4 Å². The zero-order valence-electron chi connectivity index (χ0n) is 8.57. The third kappa shape index (κ3) is 4.09. The molecule has 2 nitrogen and oxygen atoms in total. The monoisotopic (exact) mass is 214 g/mol. The van der Waals surface area contributed by atoms with Gasteiger partial charge in [-0.2, -0.15) is 0 Å². The standard InChI is InChI=1S/C11H18N2.ClH/c1-9-4-6-10(7-5-9)11(13)3-2-8-12;/h4-7,11H,2-3,8,12-13H2,1H3;1H/t11-;/m1./s1. The van der Waals surface area contributed by atoms with Crippen LogP contribution in [-0.4, -0.2) is 6.54 Å². The smallest absolute Gasteiger partial charge is 0.0295 e. The SMILES string of the molecule is Cc1ccc([C@H](N)CCCN)cc1.Cl. The summed E-state index contributed by atoms with van der Waals surface area (Å²) in [6, 6.07) is 8.52. The molecule has 1 aromatic rings.